The van der Waals surface area contributed by atoms with Crippen LogP contribution < -0.4 is 10.9 Å². The molecule has 0 spiro atoms. The first-order chi connectivity index (χ1) is 14.1. The predicted molar refractivity (Wildman–Crippen MR) is 115 cm³/mol. The maximum absolute atomic E-state index is 13.2. The fraction of sp³-hybridized carbons (Fsp3) is 0.304. The largest absolute Gasteiger partial charge is 0.349 e. The fourth-order valence-electron chi connectivity index (χ4n) is 3.89. The quantitative estimate of drug-likeness (QED) is 0.678. The van der Waals surface area contributed by atoms with E-state index in [0.29, 0.717) is 17.3 Å². The van der Waals surface area contributed by atoms with Crippen LogP contribution in [0.2, 0.25) is 5.02 Å². The molecule has 1 heterocycles. The third kappa shape index (κ3) is 4.46. The molecule has 1 aromatic heterocycles. The Balaban J connectivity index is 1.70. The van der Waals surface area contributed by atoms with E-state index in [1.165, 1.54) is 6.42 Å². The number of benzene rings is 2. The highest BCUT2D eigenvalue weighted by Crippen LogP contribution is 2.18. The van der Waals surface area contributed by atoms with Crippen molar-refractivity contribution in [2.75, 3.05) is 0 Å². The molecular weight excluding hydrogens is 386 g/mol. The van der Waals surface area contributed by atoms with Crippen molar-refractivity contribution in [3.8, 4) is 5.69 Å². The lowest BCUT2D eigenvalue weighted by atomic mass is 9.95. The molecule has 0 atom stereocenters. The molecule has 6 heteroatoms. The number of nitrogens with one attached hydrogen (secondary N) is 1. The van der Waals surface area contributed by atoms with E-state index in [0.717, 1.165) is 31.2 Å². The molecule has 0 radical (unpaired) electrons. The van der Waals surface area contributed by atoms with Crippen molar-refractivity contribution in [1.29, 1.82) is 0 Å². The second-order valence-electron chi connectivity index (χ2n) is 7.53. The van der Waals surface area contributed by atoms with Crippen LogP contribution in [-0.2, 0) is 6.54 Å². The summed E-state index contributed by atoms with van der Waals surface area (Å²) in [6.07, 6.45) is 7.05. The lowest BCUT2D eigenvalue weighted by Gasteiger charge is -2.22. The molecule has 1 fully saturated rings. The third-order valence-corrected chi connectivity index (χ3v) is 5.65. The van der Waals surface area contributed by atoms with Crippen LogP contribution in [0.1, 0.15) is 48.0 Å². The number of hydrogen-bond acceptors (Lipinski definition) is 2. The Morgan fingerprint density at radius 2 is 1.69 bits per heavy atom. The van der Waals surface area contributed by atoms with Gasteiger partial charge in [0.15, 0.2) is 0 Å². The number of carbonyl (C=O) groups is 1. The van der Waals surface area contributed by atoms with Gasteiger partial charge in [-0.15, -0.1) is 0 Å². The molecule has 3 aromatic rings. The molecular formula is C23H24ClN3O2. The first-order valence-electron chi connectivity index (χ1n) is 10.0. The number of hydrogen-bond donors (Lipinski definition) is 1. The Morgan fingerprint density at radius 3 is 2.38 bits per heavy atom. The average Bonchev–Trinajstić information content (AvgIpc) is 3.06. The Hall–Kier alpha value is -2.79. The minimum Gasteiger partial charge on any atom is -0.349 e. The molecule has 29 heavy (non-hydrogen) atoms. The summed E-state index contributed by atoms with van der Waals surface area (Å²) in [7, 11) is 0. The minimum atomic E-state index is -0.323. The fourth-order valence-corrected chi connectivity index (χ4v) is 4.02. The number of aromatic nitrogens is 2. The van der Waals surface area contributed by atoms with Gasteiger partial charge in [-0.1, -0.05) is 61.2 Å². The molecule has 5 nitrogen and oxygen atoms in total. The molecule has 0 aliphatic heterocycles. The second kappa shape index (κ2) is 8.70. The maximum atomic E-state index is 13.2. The SMILES string of the molecule is O=C(NC1CCCCC1)c1cn(Cc2ccccc2)n(-c2ccc(Cl)cc2)c1=O. The monoisotopic (exact) mass is 409 g/mol. The van der Waals surface area contributed by atoms with Crippen LogP contribution in [0.25, 0.3) is 5.69 Å². The molecule has 0 unspecified atom stereocenters. The normalized spacial score (nSPS) is 14.7. The molecule has 1 aliphatic rings. The van der Waals surface area contributed by atoms with Gasteiger partial charge in [0.2, 0.25) is 0 Å². The molecule has 0 saturated heterocycles. The van der Waals surface area contributed by atoms with E-state index >= 15 is 0 Å². The van der Waals surface area contributed by atoms with Gasteiger partial charge in [-0.2, -0.15) is 0 Å². The molecule has 150 valence electrons. The summed E-state index contributed by atoms with van der Waals surface area (Å²) in [6, 6.07) is 17.1. The van der Waals surface area contributed by atoms with Crippen molar-refractivity contribution < 1.29 is 4.79 Å². The first kappa shape index (κ1) is 19.5. The van der Waals surface area contributed by atoms with E-state index in [1.807, 2.05) is 30.3 Å². The van der Waals surface area contributed by atoms with Gasteiger partial charge in [0.1, 0.15) is 5.56 Å². The van der Waals surface area contributed by atoms with Crippen molar-refractivity contribution in [3.05, 3.63) is 87.3 Å². The van der Waals surface area contributed by atoms with Crippen LogP contribution in [0, 0.1) is 0 Å². The third-order valence-electron chi connectivity index (χ3n) is 5.40. The molecule has 1 amide bonds. The Labute approximate surface area is 174 Å². The number of amides is 1. The zero-order valence-corrected chi connectivity index (χ0v) is 16.9. The summed E-state index contributed by atoms with van der Waals surface area (Å²) in [4.78, 5) is 26.1. The smallest absolute Gasteiger partial charge is 0.284 e. The number of nitrogens with zero attached hydrogens (tertiary/aromatic N) is 2. The Kier molecular flexibility index (Phi) is 5.86. The summed E-state index contributed by atoms with van der Waals surface area (Å²) in [5.74, 6) is -0.295. The van der Waals surface area contributed by atoms with Gasteiger partial charge in [-0.25, -0.2) is 4.68 Å². The van der Waals surface area contributed by atoms with Gasteiger partial charge >= 0.3 is 0 Å². The number of rotatable bonds is 5. The maximum Gasteiger partial charge on any atom is 0.284 e. The van der Waals surface area contributed by atoms with Crippen LogP contribution in [0.4, 0.5) is 0 Å². The van der Waals surface area contributed by atoms with E-state index in [1.54, 1.807) is 39.8 Å². The highest BCUT2D eigenvalue weighted by atomic mass is 35.5. The summed E-state index contributed by atoms with van der Waals surface area (Å²) in [6.45, 7) is 0.482. The lowest BCUT2D eigenvalue weighted by Crippen LogP contribution is -2.38. The number of carbonyl (C=O) groups excluding carboxylic acids is 1. The van der Waals surface area contributed by atoms with Crippen molar-refractivity contribution >= 4 is 17.5 Å². The Morgan fingerprint density at radius 1 is 1.00 bits per heavy atom. The molecule has 4 rings (SSSR count). The zero-order chi connectivity index (χ0) is 20.2. The van der Waals surface area contributed by atoms with Crippen molar-refractivity contribution in [2.45, 2.75) is 44.7 Å². The van der Waals surface area contributed by atoms with Crippen LogP contribution in [0.3, 0.4) is 0 Å². The van der Waals surface area contributed by atoms with Crippen LogP contribution in [0.5, 0.6) is 0 Å². The van der Waals surface area contributed by atoms with Crippen LogP contribution in [-0.4, -0.2) is 21.3 Å². The van der Waals surface area contributed by atoms with Crippen molar-refractivity contribution in [2.24, 2.45) is 0 Å². The van der Waals surface area contributed by atoms with E-state index in [2.05, 4.69) is 5.32 Å². The topological polar surface area (TPSA) is 56.0 Å². The first-order valence-corrected chi connectivity index (χ1v) is 10.4. The van der Waals surface area contributed by atoms with E-state index < -0.39 is 0 Å². The van der Waals surface area contributed by atoms with Crippen LogP contribution in [0.15, 0.2) is 65.6 Å². The highest BCUT2D eigenvalue weighted by molar-refractivity contribution is 6.30. The lowest BCUT2D eigenvalue weighted by molar-refractivity contribution is 0.0926. The zero-order valence-electron chi connectivity index (χ0n) is 16.2. The van der Waals surface area contributed by atoms with Crippen molar-refractivity contribution in [1.82, 2.24) is 14.7 Å². The summed E-state index contributed by atoms with van der Waals surface area (Å²) >= 11 is 6.01. The summed E-state index contributed by atoms with van der Waals surface area (Å²) in [5.41, 5.74) is 1.56. The predicted octanol–water partition coefficient (Wildman–Crippen LogP) is 4.40. The highest BCUT2D eigenvalue weighted by Gasteiger charge is 2.22. The van der Waals surface area contributed by atoms with Gasteiger partial charge in [0, 0.05) is 17.3 Å². The van der Waals surface area contributed by atoms with Gasteiger partial charge in [0.05, 0.1) is 12.2 Å². The molecule has 1 aliphatic carbocycles. The minimum absolute atomic E-state index is 0.150. The molecule has 1 saturated carbocycles. The molecule has 1 N–H and O–H groups in total. The van der Waals surface area contributed by atoms with Gasteiger partial charge < -0.3 is 5.32 Å². The standard InChI is InChI=1S/C23H24ClN3O2/c24-18-11-13-20(14-12-18)27-23(29)21(22(28)25-19-9-5-2-6-10-19)16-26(27)15-17-7-3-1-4-8-17/h1,3-4,7-8,11-14,16,19H,2,5-6,9-10,15H2,(H,25,28). The van der Waals surface area contributed by atoms with Gasteiger partial charge in [-0.05, 0) is 42.7 Å². The van der Waals surface area contributed by atoms with E-state index in [4.69, 9.17) is 11.6 Å². The Bertz CT molecular complexity index is 1030. The van der Waals surface area contributed by atoms with Crippen LogP contribution >= 0.6 is 11.6 Å². The van der Waals surface area contributed by atoms with Crippen molar-refractivity contribution in [3.63, 3.8) is 0 Å². The number of halogens is 1. The molecule has 2 aromatic carbocycles. The van der Waals surface area contributed by atoms with E-state index in [-0.39, 0.29) is 23.1 Å². The second-order valence-corrected chi connectivity index (χ2v) is 7.96. The van der Waals surface area contributed by atoms with E-state index in [9.17, 15) is 9.59 Å². The average molecular weight is 410 g/mol. The summed E-state index contributed by atoms with van der Waals surface area (Å²) in [5, 5.41) is 3.65. The molecule has 0 bridgehead atoms. The van der Waals surface area contributed by atoms with Gasteiger partial charge in [-0.3, -0.25) is 14.3 Å². The summed E-state index contributed by atoms with van der Waals surface area (Å²) < 4.78 is 3.33. The van der Waals surface area contributed by atoms with Gasteiger partial charge in [0.25, 0.3) is 11.5 Å².